The second-order valence-electron chi connectivity index (χ2n) is 5.32. The molecule has 0 bridgehead atoms. The molecular formula is C17H23N3O2S. The number of rotatable bonds is 9. The van der Waals surface area contributed by atoms with Crippen molar-refractivity contribution in [3.05, 3.63) is 29.8 Å². The number of hydrogen-bond acceptors (Lipinski definition) is 5. The fraction of sp³-hybridized carbons (Fsp3) is 0.471. The summed E-state index contributed by atoms with van der Waals surface area (Å²) in [6, 6.07) is 7.76. The third-order valence-corrected chi connectivity index (χ3v) is 4.20. The van der Waals surface area contributed by atoms with Gasteiger partial charge in [0.05, 0.1) is 18.6 Å². The standard InChI is InChI=1S/C17H23N3O2S/c1-2-3-4-5-6-11-22-15-9-7-14(8-10-15)12-18-20-17-19-16(21)13-23-17/h7-10,12H,2-6,11,13H2,1H3,(H,19,20,21). The summed E-state index contributed by atoms with van der Waals surface area (Å²) in [7, 11) is 0. The van der Waals surface area contributed by atoms with Gasteiger partial charge in [-0.1, -0.05) is 44.4 Å². The lowest BCUT2D eigenvalue weighted by molar-refractivity contribution is -0.116. The number of nitrogens with one attached hydrogen (secondary N) is 1. The summed E-state index contributed by atoms with van der Waals surface area (Å²) < 4.78 is 5.72. The Bertz CT molecular complexity index is 555. The highest BCUT2D eigenvalue weighted by Gasteiger charge is 2.15. The van der Waals surface area contributed by atoms with Crippen LogP contribution in [0.1, 0.15) is 44.6 Å². The third-order valence-electron chi connectivity index (χ3n) is 3.34. The molecule has 1 aromatic rings. The first-order valence-electron chi connectivity index (χ1n) is 8.04. The van der Waals surface area contributed by atoms with Gasteiger partial charge in [0.1, 0.15) is 5.75 Å². The SMILES string of the molecule is CCCCCCCOc1ccc(C=N/N=C2/NC(=O)CS2)cc1. The van der Waals surface area contributed by atoms with Crippen LogP contribution in [0.4, 0.5) is 0 Å². The number of ether oxygens (including phenoxy) is 1. The van der Waals surface area contributed by atoms with E-state index in [4.69, 9.17) is 4.74 Å². The van der Waals surface area contributed by atoms with Crippen LogP contribution in [0.5, 0.6) is 5.75 Å². The van der Waals surface area contributed by atoms with Crippen LogP contribution in [0.2, 0.25) is 0 Å². The molecule has 1 amide bonds. The van der Waals surface area contributed by atoms with Crippen LogP contribution in [0.15, 0.2) is 34.5 Å². The van der Waals surface area contributed by atoms with Crippen molar-refractivity contribution >= 4 is 29.1 Å². The molecule has 0 saturated carbocycles. The molecule has 0 aliphatic carbocycles. The lowest BCUT2D eigenvalue weighted by atomic mass is 10.2. The first kappa shape index (κ1) is 17.5. The minimum Gasteiger partial charge on any atom is -0.494 e. The average Bonchev–Trinajstić information content (AvgIpc) is 2.97. The Labute approximate surface area is 141 Å². The quantitative estimate of drug-likeness (QED) is 0.427. The molecule has 0 spiro atoms. The Morgan fingerprint density at radius 1 is 1.22 bits per heavy atom. The molecule has 0 unspecified atom stereocenters. The van der Waals surface area contributed by atoms with Gasteiger partial charge in [0.15, 0.2) is 5.17 Å². The van der Waals surface area contributed by atoms with E-state index in [9.17, 15) is 4.79 Å². The number of hydrogen-bond donors (Lipinski definition) is 1. The van der Waals surface area contributed by atoms with Gasteiger partial charge in [-0.2, -0.15) is 5.10 Å². The van der Waals surface area contributed by atoms with Crippen LogP contribution >= 0.6 is 11.8 Å². The van der Waals surface area contributed by atoms with Crippen LogP contribution in [0.3, 0.4) is 0 Å². The van der Waals surface area contributed by atoms with Gasteiger partial charge in [-0.25, -0.2) is 0 Å². The number of thioether (sulfide) groups is 1. The first-order chi connectivity index (χ1) is 11.3. The minimum atomic E-state index is -0.0276. The maximum absolute atomic E-state index is 11.0. The fourth-order valence-electron chi connectivity index (χ4n) is 2.07. The molecule has 0 atom stereocenters. The van der Waals surface area contributed by atoms with E-state index >= 15 is 0 Å². The van der Waals surface area contributed by atoms with Crippen molar-refractivity contribution < 1.29 is 9.53 Å². The first-order valence-corrected chi connectivity index (χ1v) is 9.03. The Kier molecular flexibility index (Phi) is 7.66. The predicted octanol–water partition coefficient (Wildman–Crippen LogP) is 3.59. The third kappa shape index (κ3) is 6.86. The van der Waals surface area contributed by atoms with Crippen molar-refractivity contribution in [1.29, 1.82) is 0 Å². The molecular weight excluding hydrogens is 310 g/mol. The minimum absolute atomic E-state index is 0.0276. The van der Waals surface area contributed by atoms with Crippen LogP contribution in [-0.2, 0) is 4.79 Å². The fourth-order valence-corrected chi connectivity index (χ4v) is 2.70. The molecule has 23 heavy (non-hydrogen) atoms. The molecule has 0 radical (unpaired) electrons. The van der Waals surface area contributed by atoms with Crippen LogP contribution in [-0.4, -0.2) is 29.6 Å². The normalized spacial score (nSPS) is 16.2. The van der Waals surface area contributed by atoms with E-state index in [0.717, 1.165) is 24.3 Å². The van der Waals surface area contributed by atoms with E-state index in [-0.39, 0.29) is 5.91 Å². The molecule has 124 valence electrons. The van der Waals surface area contributed by atoms with Crippen molar-refractivity contribution in [1.82, 2.24) is 5.32 Å². The molecule has 1 N–H and O–H groups in total. The predicted molar refractivity (Wildman–Crippen MR) is 96.3 cm³/mol. The zero-order chi connectivity index (χ0) is 16.3. The molecule has 2 rings (SSSR count). The largest absolute Gasteiger partial charge is 0.494 e. The lowest BCUT2D eigenvalue weighted by Gasteiger charge is -2.06. The molecule has 1 aliphatic rings. The summed E-state index contributed by atoms with van der Waals surface area (Å²) >= 11 is 1.36. The van der Waals surface area contributed by atoms with E-state index < -0.39 is 0 Å². The van der Waals surface area contributed by atoms with Gasteiger partial charge < -0.3 is 10.1 Å². The number of carbonyl (C=O) groups is 1. The van der Waals surface area contributed by atoms with Gasteiger partial charge in [0.2, 0.25) is 5.91 Å². The summed E-state index contributed by atoms with van der Waals surface area (Å²) in [5.41, 5.74) is 0.943. The Morgan fingerprint density at radius 3 is 2.70 bits per heavy atom. The van der Waals surface area contributed by atoms with Gasteiger partial charge in [-0.05, 0) is 36.2 Å². The number of amides is 1. The zero-order valence-electron chi connectivity index (χ0n) is 13.5. The highest BCUT2D eigenvalue weighted by atomic mass is 32.2. The van der Waals surface area contributed by atoms with E-state index in [2.05, 4.69) is 22.4 Å². The Hall–Kier alpha value is -1.82. The molecule has 1 heterocycles. The monoisotopic (exact) mass is 333 g/mol. The number of nitrogens with zero attached hydrogens (tertiary/aromatic N) is 2. The zero-order valence-corrected chi connectivity index (χ0v) is 14.3. The summed E-state index contributed by atoms with van der Waals surface area (Å²) in [4.78, 5) is 11.0. The Balaban J connectivity index is 1.70. The second kappa shape index (κ2) is 10.0. The van der Waals surface area contributed by atoms with Crippen molar-refractivity contribution in [2.45, 2.75) is 39.0 Å². The number of amidine groups is 1. The number of carbonyl (C=O) groups excluding carboxylic acids is 1. The van der Waals surface area contributed by atoms with Gasteiger partial charge in [0.25, 0.3) is 0 Å². The van der Waals surface area contributed by atoms with E-state index in [1.54, 1.807) is 6.21 Å². The summed E-state index contributed by atoms with van der Waals surface area (Å²) in [6.45, 7) is 2.98. The lowest BCUT2D eigenvalue weighted by Crippen LogP contribution is -2.19. The van der Waals surface area contributed by atoms with E-state index in [1.807, 2.05) is 24.3 Å². The van der Waals surface area contributed by atoms with E-state index in [1.165, 1.54) is 37.4 Å². The molecule has 1 aromatic carbocycles. The average molecular weight is 333 g/mol. The van der Waals surface area contributed by atoms with Gasteiger partial charge in [-0.3, -0.25) is 4.79 Å². The molecule has 1 aliphatic heterocycles. The van der Waals surface area contributed by atoms with Crippen molar-refractivity contribution in [2.24, 2.45) is 10.2 Å². The van der Waals surface area contributed by atoms with Gasteiger partial charge in [0, 0.05) is 0 Å². The van der Waals surface area contributed by atoms with Crippen LogP contribution in [0, 0.1) is 0 Å². The highest BCUT2D eigenvalue weighted by Crippen LogP contribution is 2.13. The summed E-state index contributed by atoms with van der Waals surface area (Å²) in [5.74, 6) is 1.27. The van der Waals surface area contributed by atoms with E-state index in [0.29, 0.717) is 10.9 Å². The smallest absolute Gasteiger partial charge is 0.236 e. The van der Waals surface area contributed by atoms with Crippen molar-refractivity contribution in [2.75, 3.05) is 12.4 Å². The molecule has 0 aromatic heterocycles. The maximum atomic E-state index is 11.0. The van der Waals surface area contributed by atoms with Gasteiger partial charge >= 0.3 is 0 Å². The van der Waals surface area contributed by atoms with Crippen molar-refractivity contribution in [3.8, 4) is 5.75 Å². The molecule has 6 heteroatoms. The topological polar surface area (TPSA) is 63.1 Å². The summed E-state index contributed by atoms with van der Waals surface area (Å²) in [5, 5.41) is 11.1. The van der Waals surface area contributed by atoms with Gasteiger partial charge in [-0.15, -0.1) is 5.10 Å². The number of unbranched alkanes of at least 4 members (excludes halogenated alkanes) is 4. The second-order valence-corrected chi connectivity index (χ2v) is 6.28. The molecule has 5 nitrogen and oxygen atoms in total. The molecule has 1 fully saturated rings. The van der Waals surface area contributed by atoms with Crippen LogP contribution in [0.25, 0.3) is 0 Å². The molecule has 1 saturated heterocycles. The van der Waals surface area contributed by atoms with Crippen molar-refractivity contribution in [3.63, 3.8) is 0 Å². The van der Waals surface area contributed by atoms with Crippen LogP contribution < -0.4 is 10.1 Å². The summed E-state index contributed by atoms with van der Waals surface area (Å²) in [6.07, 6.45) is 7.85. The maximum Gasteiger partial charge on any atom is 0.236 e. The Morgan fingerprint density at radius 2 is 2.00 bits per heavy atom. The number of benzene rings is 1. The highest BCUT2D eigenvalue weighted by molar-refractivity contribution is 8.15.